The maximum Gasteiger partial charge on any atom is 0.253 e. The molecule has 0 saturated carbocycles. The van der Waals surface area contributed by atoms with Crippen LogP contribution in [0.5, 0.6) is 0 Å². The number of halogens is 1. The lowest BCUT2D eigenvalue weighted by Gasteiger charge is -2.32. The number of nitrogens with two attached hydrogens (primary N) is 1. The highest BCUT2D eigenvalue weighted by molar-refractivity contribution is 5.99. The number of nitrogens with one attached hydrogen (secondary N) is 1. The molecule has 3 N–H and O–H groups in total. The van der Waals surface area contributed by atoms with Crippen LogP contribution in [-0.4, -0.2) is 35.8 Å². The third-order valence-electron chi connectivity index (χ3n) is 4.62. The lowest BCUT2D eigenvalue weighted by atomic mass is 10.0. The maximum atomic E-state index is 12.5. The molecule has 1 fully saturated rings. The van der Waals surface area contributed by atoms with E-state index in [1.807, 2.05) is 36.1 Å². The van der Waals surface area contributed by atoms with Gasteiger partial charge < -0.3 is 16.0 Å². The molecule has 1 saturated heterocycles. The molecule has 2 aromatic carbocycles. The summed E-state index contributed by atoms with van der Waals surface area (Å²) < 4.78 is 0. The van der Waals surface area contributed by atoms with Gasteiger partial charge in [0.1, 0.15) is 0 Å². The van der Waals surface area contributed by atoms with Crippen LogP contribution in [0.4, 0.5) is 5.69 Å². The van der Waals surface area contributed by atoms with E-state index in [1.54, 1.807) is 24.3 Å². The van der Waals surface area contributed by atoms with Crippen LogP contribution in [0, 0.1) is 6.92 Å². The van der Waals surface area contributed by atoms with Crippen LogP contribution >= 0.6 is 12.4 Å². The Morgan fingerprint density at radius 2 is 1.65 bits per heavy atom. The van der Waals surface area contributed by atoms with E-state index in [0.717, 1.165) is 18.4 Å². The highest BCUT2D eigenvalue weighted by Gasteiger charge is 2.25. The number of piperidine rings is 1. The zero-order valence-corrected chi connectivity index (χ0v) is 15.6. The summed E-state index contributed by atoms with van der Waals surface area (Å²) in [5.74, 6) is -0.0986. The van der Waals surface area contributed by atoms with Crippen molar-refractivity contribution in [2.45, 2.75) is 25.8 Å². The van der Waals surface area contributed by atoms with Gasteiger partial charge in [-0.1, -0.05) is 29.8 Å². The zero-order valence-electron chi connectivity index (χ0n) is 14.8. The Balaban J connectivity index is 0.00000243. The quantitative estimate of drug-likeness (QED) is 0.812. The van der Waals surface area contributed by atoms with Crippen LogP contribution < -0.4 is 11.1 Å². The van der Waals surface area contributed by atoms with Gasteiger partial charge in [0.25, 0.3) is 11.8 Å². The van der Waals surface area contributed by atoms with Crippen LogP contribution in [0.3, 0.4) is 0 Å². The Hall–Kier alpha value is -2.53. The Morgan fingerprint density at radius 1 is 1.04 bits per heavy atom. The average molecular weight is 374 g/mol. The summed E-state index contributed by atoms with van der Waals surface area (Å²) in [5.41, 5.74) is 8.68. The lowest BCUT2D eigenvalue weighted by molar-refractivity contribution is 0.0698. The molecular formula is C20H24ClN3O2. The Labute approximate surface area is 160 Å². The highest BCUT2D eigenvalue weighted by Crippen LogP contribution is 2.16. The van der Waals surface area contributed by atoms with Crippen molar-refractivity contribution in [2.24, 2.45) is 0 Å². The van der Waals surface area contributed by atoms with E-state index < -0.39 is 0 Å². The number of nitrogens with zero attached hydrogens (tertiary/aromatic N) is 1. The molecule has 1 aliphatic rings. The maximum absolute atomic E-state index is 12.5. The fourth-order valence-corrected chi connectivity index (χ4v) is 3.07. The minimum atomic E-state index is -0.151. The summed E-state index contributed by atoms with van der Waals surface area (Å²) in [6.45, 7) is 3.28. The largest absolute Gasteiger partial charge is 0.398 e. The van der Waals surface area contributed by atoms with Crippen molar-refractivity contribution in [3.8, 4) is 0 Å². The number of rotatable bonds is 3. The molecule has 0 bridgehead atoms. The number of amides is 2. The monoisotopic (exact) mass is 373 g/mol. The van der Waals surface area contributed by atoms with Gasteiger partial charge >= 0.3 is 0 Å². The molecule has 1 aliphatic heterocycles. The summed E-state index contributed by atoms with van der Waals surface area (Å²) in [5, 5.41) is 3.03. The number of hydrogen-bond donors (Lipinski definition) is 2. The summed E-state index contributed by atoms with van der Waals surface area (Å²) in [4.78, 5) is 26.7. The molecule has 138 valence electrons. The summed E-state index contributed by atoms with van der Waals surface area (Å²) >= 11 is 0. The first kappa shape index (κ1) is 19.8. The third-order valence-corrected chi connectivity index (χ3v) is 4.62. The van der Waals surface area contributed by atoms with Crippen molar-refractivity contribution >= 4 is 29.9 Å². The number of benzene rings is 2. The average Bonchev–Trinajstić information content (AvgIpc) is 2.63. The second-order valence-corrected chi connectivity index (χ2v) is 6.49. The molecule has 0 spiro atoms. The van der Waals surface area contributed by atoms with Crippen LogP contribution in [0.2, 0.25) is 0 Å². The number of hydrogen-bond acceptors (Lipinski definition) is 3. The first-order valence-corrected chi connectivity index (χ1v) is 8.56. The minimum absolute atomic E-state index is 0. The lowest BCUT2D eigenvalue weighted by Crippen LogP contribution is -2.46. The van der Waals surface area contributed by atoms with E-state index in [-0.39, 0.29) is 30.3 Å². The van der Waals surface area contributed by atoms with E-state index in [0.29, 0.717) is 29.9 Å². The van der Waals surface area contributed by atoms with Gasteiger partial charge in [0.2, 0.25) is 0 Å². The summed E-state index contributed by atoms with van der Waals surface area (Å²) in [6.07, 6.45) is 1.49. The van der Waals surface area contributed by atoms with Gasteiger partial charge in [0, 0.05) is 30.4 Å². The van der Waals surface area contributed by atoms with Crippen molar-refractivity contribution in [3.05, 3.63) is 65.2 Å². The van der Waals surface area contributed by atoms with E-state index in [4.69, 9.17) is 5.73 Å². The van der Waals surface area contributed by atoms with Gasteiger partial charge in [0.05, 0.1) is 5.56 Å². The number of carbonyl (C=O) groups is 2. The normalized spacial score (nSPS) is 14.4. The number of likely N-dealkylation sites (tertiary alicyclic amines) is 1. The second-order valence-electron chi connectivity index (χ2n) is 6.49. The van der Waals surface area contributed by atoms with Crippen LogP contribution in [0.25, 0.3) is 0 Å². The highest BCUT2D eigenvalue weighted by atomic mass is 35.5. The molecular weight excluding hydrogens is 350 g/mol. The molecule has 0 aromatic heterocycles. The van der Waals surface area contributed by atoms with Crippen molar-refractivity contribution < 1.29 is 9.59 Å². The number of nitrogen functional groups attached to an aromatic ring is 1. The van der Waals surface area contributed by atoms with Crippen molar-refractivity contribution in [1.29, 1.82) is 0 Å². The van der Waals surface area contributed by atoms with Crippen molar-refractivity contribution in [2.75, 3.05) is 18.8 Å². The topological polar surface area (TPSA) is 75.4 Å². The Kier molecular flexibility index (Phi) is 6.64. The van der Waals surface area contributed by atoms with Crippen molar-refractivity contribution in [3.63, 3.8) is 0 Å². The molecule has 2 aromatic rings. The fraction of sp³-hybridized carbons (Fsp3) is 0.300. The molecule has 3 rings (SSSR count). The van der Waals surface area contributed by atoms with E-state index in [2.05, 4.69) is 5.32 Å². The fourth-order valence-electron chi connectivity index (χ4n) is 3.07. The zero-order chi connectivity index (χ0) is 17.8. The van der Waals surface area contributed by atoms with Crippen molar-refractivity contribution in [1.82, 2.24) is 10.2 Å². The predicted octanol–water partition coefficient (Wildman–Crippen LogP) is 3.03. The second kappa shape index (κ2) is 8.72. The molecule has 5 nitrogen and oxygen atoms in total. The minimum Gasteiger partial charge on any atom is -0.398 e. The number of anilines is 1. The van der Waals surface area contributed by atoms with Crippen LogP contribution in [0.15, 0.2) is 48.5 Å². The molecule has 2 amide bonds. The molecule has 0 atom stereocenters. The van der Waals surface area contributed by atoms with Gasteiger partial charge in [-0.05, 0) is 44.0 Å². The first-order chi connectivity index (χ1) is 12.0. The van der Waals surface area contributed by atoms with Gasteiger partial charge in [-0.15, -0.1) is 12.4 Å². The van der Waals surface area contributed by atoms with Crippen LogP contribution in [-0.2, 0) is 0 Å². The molecule has 0 radical (unpaired) electrons. The first-order valence-electron chi connectivity index (χ1n) is 8.56. The Bertz CT molecular complexity index is 769. The molecule has 0 unspecified atom stereocenters. The SMILES string of the molecule is Cc1ccc(C(=O)N2CCC(NC(=O)c3ccccc3N)CC2)cc1.Cl. The number of aryl methyl sites for hydroxylation is 1. The number of carbonyl (C=O) groups excluding carboxylic acids is 2. The van der Waals surface area contributed by atoms with Gasteiger partial charge in [-0.3, -0.25) is 9.59 Å². The molecule has 26 heavy (non-hydrogen) atoms. The molecule has 0 aliphatic carbocycles. The van der Waals surface area contributed by atoms with E-state index >= 15 is 0 Å². The molecule has 1 heterocycles. The van der Waals surface area contributed by atoms with Gasteiger partial charge in [-0.2, -0.15) is 0 Å². The van der Waals surface area contributed by atoms with E-state index in [1.165, 1.54) is 0 Å². The molecule has 6 heteroatoms. The van der Waals surface area contributed by atoms with Gasteiger partial charge in [-0.25, -0.2) is 0 Å². The summed E-state index contributed by atoms with van der Waals surface area (Å²) in [7, 11) is 0. The Morgan fingerprint density at radius 3 is 2.27 bits per heavy atom. The third kappa shape index (κ3) is 4.55. The van der Waals surface area contributed by atoms with Gasteiger partial charge in [0.15, 0.2) is 0 Å². The van der Waals surface area contributed by atoms with E-state index in [9.17, 15) is 9.59 Å². The standard InChI is InChI=1S/C20H23N3O2.ClH/c1-14-6-8-15(9-7-14)20(25)23-12-10-16(11-13-23)22-19(24)17-4-2-3-5-18(17)21;/h2-9,16H,10-13,21H2,1H3,(H,22,24);1H. The smallest absolute Gasteiger partial charge is 0.253 e. The van der Waals surface area contributed by atoms with Crippen LogP contribution in [0.1, 0.15) is 39.1 Å². The number of para-hydroxylation sites is 1. The predicted molar refractivity (Wildman–Crippen MR) is 106 cm³/mol. The summed E-state index contributed by atoms with van der Waals surface area (Å²) in [6, 6.07) is 14.7.